The number of aliphatic carboxylic acids is 1. The maximum absolute atomic E-state index is 13.4. The third-order valence-electron chi connectivity index (χ3n) is 2.47. The topological polar surface area (TPSA) is 49.3 Å². The standard InChI is InChI=1S/C12H15BrFNO2/c1-12(2,11(16)17)7-15-6-8-5-9(13)3-4-10(8)14/h3-5,15H,6-7H2,1-2H3,(H,16,17). The zero-order valence-corrected chi connectivity index (χ0v) is 11.3. The maximum atomic E-state index is 13.4. The monoisotopic (exact) mass is 303 g/mol. The second-order valence-corrected chi connectivity index (χ2v) is 5.44. The van der Waals surface area contributed by atoms with Gasteiger partial charge in [0.25, 0.3) is 0 Å². The third kappa shape index (κ3) is 4.09. The van der Waals surface area contributed by atoms with Gasteiger partial charge in [0, 0.05) is 23.1 Å². The average Bonchev–Trinajstić information content (AvgIpc) is 2.22. The van der Waals surface area contributed by atoms with E-state index < -0.39 is 11.4 Å². The number of nitrogens with one attached hydrogen (secondary N) is 1. The van der Waals surface area contributed by atoms with Crippen LogP contribution in [0.2, 0.25) is 0 Å². The summed E-state index contributed by atoms with van der Waals surface area (Å²) in [5, 5.41) is 11.9. The van der Waals surface area contributed by atoms with Crippen molar-refractivity contribution in [3.63, 3.8) is 0 Å². The molecule has 0 atom stereocenters. The molecule has 5 heteroatoms. The molecule has 1 rings (SSSR count). The highest BCUT2D eigenvalue weighted by Gasteiger charge is 2.26. The minimum absolute atomic E-state index is 0.286. The van der Waals surface area contributed by atoms with E-state index in [1.807, 2.05) is 0 Å². The molecule has 1 aromatic rings. The lowest BCUT2D eigenvalue weighted by Crippen LogP contribution is -2.35. The third-order valence-corrected chi connectivity index (χ3v) is 2.96. The molecule has 0 aliphatic rings. The van der Waals surface area contributed by atoms with Crippen molar-refractivity contribution < 1.29 is 14.3 Å². The number of rotatable bonds is 5. The Balaban J connectivity index is 2.57. The van der Waals surface area contributed by atoms with Crippen LogP contribution in [-0.4, -0.2) is 17.6 Å². The summed E-state index contributed by atoms with van der Waals surface area (Å²) in [6, 6.07) is 4.68. The van der Waals surface area contributed by atoms with E-state index in [-0.39, 0.29) is 12.4 Å². The summed E-state index contributed by atoms with van der Waals surface area (Å²) in [4.78, 5) is 10.9. The predicted octanol–water partition coefficient (Wildman–Crippen LogP) is 2.79. The fourth-order valence-electron chi connectivity index (χ4n) is 1.26. The molecule has 0 unspecified atom stereocenters. The van der Waals surface area contributed by atoms with Crippen molar-refractivity contribution in [2.24, 2.45) is 5.41 Å². The molecular formula is C12H15BrFNO2. The lowest BCUT2D eigenvalue weighted by atomic mass is 9.94. The first-order valence-electron chi connectivity index (χ1n) is 5.21. The van der Waals surface area contributed by atoms with E-state index in [2.05, 4.69) is 21.2 Å². The quantitative estimate of drug-likeness (QED) is 0.879. The van der Waals surface area contributed by atoms with Crippen LogP contribution >= 0.6 is 15.9 Å². The van der Waals surface area contributed by atoms with Crippen LogP contribution in [0.5, 0.6) is 0 Å². The molecule has 0 aliphatic carbocycles. The summed E-state index contributed by atoms with van der Waals surface area (Å²) in [5.41, 5.74) is -0.344. The Morgan fingerprint density at radius 3 is 2.76 bits per heavy atom. The Hall–Kier alpha value is -0.940. The van der Waals surface area contributed by atoms with Crippen molar-refractivity contribution in [3.8, 4) is 0 Å². The molecule has 3 nitrogen and oxygen atoms in total. The summed E-state index contributed by atoms with van der Waals surface area (Å²) in [6.07, 6.45) is 0. The number of carboxylic acids is 1. The van der Waals surface area contributed by atoms with Gasteiger partial charge < -0.3 is 10.4 Å². The molecule has 0 aliphatic heterocycles. The predicted molar refractivity (Wildman–Crippen MR) is 67.2 cm³/mol. The van der Waals surface area contributed by atoms with E-state index in [0.717, 1.165) is 4.47 Å². The molecule has 2 N–H and O–H groups in total. The Kier molecular flexibility index (Phi) is 4.65. The molecule has 0 saturated carbocycles. The molecule has 0 heterocycles. The minimum atomic E-state index is -0.875. The van der Waals surface area contributed by atoms with Gasteiger partial charge in [-0.05, 0) is 32.0 Å². The molecule has 17 heavy (non-hydrogen) atoms. The van der Waals surface area contributed by atoms with Crippen LogP contribution in [0.25, 0.3) is 0 Å². The molecule has 0 amide bonds. The number of carboxylic acid groups (broad SMARTS) is 1. The maximum Gasteiger partial charge on any atom is 0.310 e. The molecule has 1 aromatic carbocycles. The normalized spacial score (nSPS) is 11.5. The van der Waals surface area contributed by atoms with E-state index in [9.17, 15) is 9.18 Å². The fraction of sp³-hybridized carbons (Fsp3) is 0.417. The lowest BCUT2D eigenvalue weighted by Gasteiger charge is -2.19. The first-order valence-corrected chi connectivity index (χ1v) is 6.00. The van der Waals surface area contributed by atoms with Gasteiger partial charge in [0.2, 0.25) is 0 Å². The van der Waals surface area contributed by atoms with Crippen LogP contribution in [0.4, 0.5) is 4.39 Å². The number of hydrogen-bond acceptors (Lipinski definition) is 2. The van der Waals surface area contributed by atoms with Crippen LogP contribution < -0.4 is 5.32 Å². The average molecular weight is 304 g/mol. The Labute approximate surface area is 108 Å². The highest BCUT2D eigenvalue weighted by atomic mass is 79.9. The summed E-state index contributed by atoms with van der Waals surface area (Å²) < 4.78 is 14.2. The van der Waals surface area contributed by atoms with Gasteiger partial charge in [-0.1, -0.05) is 15.9 Å². The molecule has 0 aromatic heterocycles. The second-order valence-electron chi connectivity index (χ2n) is 4.53. The van der Waals surface area contributed by atoms with Crippen molar-refractivity contribution >= 4 is 21.9 Å². The summed E-state index contributed by atoms with van der Waals surface area (Å²) in [6.45, 7) is 3.84. The largest absolute Gasteiger partial charge is 0.481 e. The molecule has 0 spiro atoms. The van der Waals surface area contributed by atoms with Gasteiger partial charge in [0.15, 0.2) is 0 Å². The number of hydrogen-bond donors (Lipinski definition) is 2. The Morgan fingerprint density at radius 2 is 2.18 bits per heavy atom. The second kappa shape index (κ2) is 5.60. The van der Waals surface area contributed by atoms with Gasteiger partial charge in [-0.3, -0.25) is 4.79 Å². The van der Waals surface area contributed by atoms with Crippen LogP contribution in [0.1, 0.15) is 19.4 Å². The van der Waals surface area contributed by atoms with E-state index in [1.165, 1.54) is 6.07 Å². The fourth-order valence-corrected chi connectivity index (χ4v) is 1.67. The zero-order chi connectivity index (χ0) is 13.1. The van der Waals surface area contributed by atoms with E-state index in [4.69, 9.17) is 5.11 Å². The SMILES string of the molecule is CC(C)(CNCc1cc(Br)ccc1F)C(=O)O. The molecule has 0 radical (unpaired) electrons. The van der Waals surface area contributed by atoms with Crippen molar-refractivity contribution in [1.82, 2.24) is 5.32 Å². The van der Waals surface area contributed by atoms with Crippen LogP contribution in [0.3, 0.4) is 0 Å². The highest BCUT2D eigenvalue weighted by Crippen LogP contribution is 2.17. The minimum Gasteiger partial charge on any atom is -0.481 e. The van der Waals surface area contributed by atoms with E-state index in [0.29, 0.717) is 12.1 Å². The number of halogens is 2. The van der Waals surface area contributed by atoms with Crippen LogP contribution in [0.15, 0.2) is 22.7 Å². The molecule has 0 saturated heterocycles. The van der Waals surface area contributed by atoms with Gasteiger partial charge in [-0.25, -0.2) is 4.39 Å². The first-order chi connectivity index (χ1) is 7.83. The Bertz CT molecular complexity index is 421. The van der Waals surface area contributed by atoms with Crippen molar-refractivity contribution in [2.45, 2.75) is 20.4 Å². The van der Waals surface area contributed by atoms with Gasteiger partial charge >= 0.3 is 5.97 Å². The van der Waals surface area contributed by atoms with Crippen LogP contribution in [-0.2, 0) is 11.3 Å². The lowest BCUT2D eigenvalue weighted by molar-refractivity contribution is -0.146. The first kappa shape index (κ1) is 14.1. The van der Waals surface area contributed by atoms with E-state index in [1.54, 1.807) is 26.0 Å². The van der Waals surface area contributed by atoms with E-state index >= 15 is 0 Å². The van der Waals surface area contributed by atoms with Gasteiger partial charge in [-0.15, -0.1) is 0 Å². The van der Waals surface area contributed by atoms with Crippen LogP contribution in [0, 0.1) is 11.2 Å². The molecule has 94 valence electrons. The summed E-state index contributed by atoms with van der Waals surface area (Å²) in [5.74, 6) is -1.17. The zero-order valence-electron chi connectivity index (χ0n) is 9.76. The summed E-state index contributed by atoms with van der Waals surface area (Å²) >= 11 is 3.26. The van der Waals surface area contributed by atoms with Crippen molar-refractivity contribution in [3.05, 3.63) is 34.1 Å². The highest BCUT2D eigenvalue weighted by molar-refractivity contribution is 9.10. The van der Waals surface area contributed by atoms with Gasteiger partial charge in [0.05, 0.1) is 5.41 Å². The van der Waals surface area contributed by atoms with Crippen molar-refractivity contribution in [1.29, 1.82) is 0 Å². The smallest absolute Gasteiger partial charge is 0.310 e. The molecular weight excluding hydrogens is 289 g/mol. The van der Waals surface area contributed by atoms with Crippen molar-refractivity contribution in [2.75, 3.05) is 6.54 Å². The number of benzene rings is 1. The summed E-state index contributed by atoms with van der Waals surface area (Å²) in [7, 11) is 0. The molecule has 0 bridgehead atoms. The number of carbonyl (C=O) groups is 1. The Morgan fingerprint density at radius 1 is 1.53 bits per heavy atom. The van der Waals surface area contributed by atoms with Gasteiger partial charge in [-0.2, -0.15) is 0 Å². The van der Waals surface area contributed by atoms with Gasteiger partial charge in [0.1, 0.15) is 5.82 Å². The molecule has 0 fully saturated rings.